The third-order valence-electron chi connectivity index (χ3n) is 4.19. The Morgan fingerprint density at radius 3 is 2.53 bits per heavy atom. The molecule has 9 nitrogen and oxygen atoms in total. The van der Waals surface area contributed by atoms with Crippen LogP contribution in [0.25, 0.3) is 0 Å². The second-order valence-corrected chi connectivity index (χ2v) is 8.57. The number of alkyl halides is 2. The first-order chi connectivity index (χ1) is 15.2. The highest BCUT2D eigenvalue weighted by molar-refractivity contribution is 7.91. The number of esters is 1. The number of carbonyl (C=O) groups is 2. The van der Waals surface area contributed by atoms with E-state index in [1.807, 2.05) is 0 Å². The number of fused-ring (bicyclic) bond motifs is 1. The number of halogens is 2. The van der Waals surface area contributed by atoms with E-state index in [1.54, 1.807) is 0 Å². The number of ether oxygens (including phenoxy) is 4. The number of amides is 1. The van der Waals surface area contributed by atoms with Crippen LogP contribution in [-0.4, -0.2) is 52.5 Å². The lowest BCUT2D eigenvalue weighted by Gasteiger charge is -2.18. The first-order valence-corrected chi connectivity index (χ1v) is 11.0. The van der Waals surface area contributed by atoms with Gasteiger partial charge in [0.15, 0.2) is 27.9 Å². The molecule has 0 aromatic heterocycles. The molecule has 1 heterocycles. The number of sulfone groups is 1. The standard InChI is InChI=1S/C20H19F2NO8S/c21-20(22)31-15-4-2-1-3-14(15)23-18(24)12-30-19(25)7-10-32(26,27)13-5-6-16-17(11-13)29-9-8-28-16/h1-6,11,20H,7-10,12H2,(H,23,24). The van der Waals surface area contributed by atoms with Gasteiger partial charge in [0.05, 0.1) is 22.8 Å². The minimum atomic E-state index is -3.82. The van der Waals surface area contributed by atoms with Gasteiger partial charge >= 0.3 is 12.6 Å². The van der Waals surface area contributed by atoms with E-state index >= 15 is 0 Å². The van der Waals surface area contributed by atoms with E-state index < -0.39 is 47.1 Å². The lowest BCUT2D eigenvalue weighted by atomic mass is 10.3. The predicted octanol–water partition coefficient (Wildman–Crippen LogP) is 2.40. The van der Waals surface area contributed by atoms with E-state index in [4.69, 9.17) is 14.2 Å². The van der Waals surface area contributed by atoms with E-state index in [0.29, 0.717) is 24.7 Å². The van der Waals surface area contributed by atoms with Gasteiger partial charge in [0.2, 0.25) is 0 Å². The van der Waals surface area contributed by atoms with Crippen LogP contribution in [0.4, 0.5) is 14.5 Å². The molecular formula is C20H19F2NO8S. The van der Waals surface area contributed by atoms with Crippen LogP contribution in [-0.2, 0) is 24.2 Å². The Morgan fingerprint density at radius 1 is 1.06 bits per heavy atom. The summed E-state index contributed by atoms with van der Waals surface area (Å²) in [5, 5.41) is 2.28. The van der Waals surface area contributed by atoms with Gasteiger partial charge in [0, 0.05) is 6.07 Å². The fraction of sp³-hybridized carbons (Fsp3) is 0.300. The minimum Gasteiger partial charge on any atom is -0.486 e. The van der Waals surface area contributed by atoms with Gasteiger partial charge < -0.3 is 24.3 Å². The van der Waals surface area contributed by atoms with Gasteiger partial charge in [-0.25, -0.2) is 8.42 Å². The van der Waals surface area contributed by atoms with Crippen molar-refractivity contribution in [3.05, 3.63) is 42.5 Å². The molecule has 1 N–H and O–H groups in total. The van der Waals surface area contributed by atoms with Crippen molar-refractivity contribution in [2.75, 3.05) is 30.9 Å². The van der Waals surface area contributed by atoms with Crippen LogP contribution in [0.5, 0.6) is 17.2 Å². The maximum absolute atomic E-state index is 12.5. The van der Waals surface area contributed by atoms with Crippen molar-refractivity contribution in [3.63, 3.8) is 0 Å². The van der Waals surface area contributed by atoms with Crippen molar-refractivity contribution in [3.8, 4) is 17.2 Å². The molecule has 172 valence electrons. The molecule has 0 fully saturated rings. The molecule has 1 aliphatic rings. The van der Waals surface area contributed by atoms with Crippen LogP contribution in [0.1, 0.15) is 6.42 Å². The minimum absolute atomic E-state index is 0.0324. The van der Waals surface area contributed by atoms with Crippen LogP contribution >= 0.6 is 0 Å². The normalized spacial score (nSPS) is 12.8. The van der Waals surface area contributed by atoms with Crippen molar-refractivity contribution in [1.29, 1.82) is 0 Å². The molecule has 0 aliphatic carbocycles. The van der Waals surface area contributed by atoms with Gasteiger partial charge in [0.25, 0.3) is 5.91 Å². The number of carbonyl (C=O) groups excluding carboxylic acids is 2. The van der Waals surface area contributed by atoms with Gasteiger partial charge in [-0.15, -0.1) is 0 Å². The lowest BCUT2D eigenvalue weighted by molar-refractivity contribution is -0.146. The molecule has 0 radical (unpaired) electrons. The highest BCUT2D eigenvalue weighted by Crippen LogP contribution is 2.32. The molecule has 2 aromatic rings. The van der Waals surface area contributed by atoms with Crippen molar-refractivity contribution in [2.24, 2.45) is 0 Å². The highest BCUT2D eigenvalue weighted by atomic mass is 32.2. The Kier molecular flexibility index (Phi) is 7.46. The number of hydrogen-bond donors (Lipinski definition) is 1. The smallest absolute Gasteiger partial charge is 0.387 e. The second kappa shape index (κ2) is 10.3. The SMILES string of the molecule is O=C(COC(=O)CCS(=O)(=O)c1ccc2c(c1)OCCO2)Nc1ccccc1OC(F)F. The van der Waals surface area contributed by atoms with E-state index in [9.17, 15) is 26.8 Å². The first-order valence-electron chi connectivity index (χ1n) is 9.36. The number of rotatable bonds is 9. The zero-order valence-corrected chi connectivity index (χ0v) is 17.4. The van der Waals surface area contributed by atoms with Crippen molar-refractivity contribution in [1.82, 2.24) is 0 Å². The largest absolute Gasteiger partial charge is 0.486 e. The number of nitrogens with one attached hydrogen (secondary N) is 1. The van der Waals surface area contributed by atoms with Gasteiger partial charge in [0.1, 0.15) is 19.0 Å². The molecular weight excluding hydrogens is 452 g/mol. The molecule has 32 heavy (non-hydrogen) atoms. The lowest BCUT2D eigenvalue weighted by Crippen LogP contribution is -2.22. The van der Waals surface area contributed by atoms with Gasteiger partial charge in [-0.2, -0.15) is 8.78 Å². The molecule has 0 bridgehead atoms. The van der Waals surface area contributed by atoms with E-state index in [2.05, 4.69) is 10.1 Å². The molecule has 3 rings (SSSR count). The summed E-state index contributed by atoms with van der Waals surface area (Å²) in [5.41, 5.74) is -0.0324. The molecule has 0 atom stereocenters. The fourth-order valence-corrected chi connectivity index (χ4v) is 3.96. The monoisotopic (exact) mass is 471 g/mol. The third-order valence-corrected chi connectivity index (χ3v) is 5.90. The molecule has 12 heteroatoms. The number of para-hydroxylation sites is 2. The summed E-state index contributed by atoms with van der Waals surface area (Å²) in [4.78, 5) is 23.8. The van der Waals surface area contributed by atoms with E-state index in [1.165, 1.54) is 42.5 Å². The maximum Gasteiger partial charge on any atom is 0.387 e. The Labute approximate surface area is 182 Å². The van der Waals surface area contributed by atoms with Crippen LogP contribution < -0.4 is 19.5 Å². The topological polar surface area (TPSA) is 117 Å². The molecule has 0 unspecified atom stereocenters. The first kappa shape index (κ1) is 23.3. The zero-order valence-electron chi connectivity index (χ0n) is 16.6. The number of hydrogen-bond acceptors (Lipinski definition) is 8. The molecule has 2 aromatic carbocycles. The summed E-state index contributed by atoms with van der Waals surface area (Å²) in [7, 11) is -3.82. The Morgan fingerprint density at radius 2 is 1.78 bits per heavy atom. The average molecular weight is 471 g/mol. The Bertz CT molecular complexity index is 1090. The van der Waals surface area contributed by atoms with Crippen molar-refractivity contribution >= 4 is 27.4 Å². The highest BCUT2D eigenvalue weighted by Gasteiger charge is 2.21. The van der Waals surface area contributed by atoms with E-state index in [0.717, 1.165) is 0 Å². The average Bonchev–Trinajstić information content (AvgIpc) is 2.77. The van der Waals surface area contributed by atoms with Gasteiger partial charge in [-0.3, -0.25) is 9.59 Å². The summed E-state index contributed by atoms with van der Waals surface area (Å²) in [5.74, 6) is -1.80. The molecule has 0 saturated carbocycles. The number of anilines is 1. The van der Waals surface area contributed by atoms with Crippen LogP contribution in [0.2, 0.25) is 0 Å². The molecule has 1 amide bonds. The predicted molar refractivity (Wildman–Crippen MR) is 107 cm³/mol. The molecule has 0 spiro atoms. The summed E-state index contributed by atoms with van der Waals surface area (Å²) >= 11 is 0. The Hall–Kier alpha value is -3.41. The Balaban J connectivity index is 1.49. The molecule has 0 saturated heterocycles. The van der Waals surface area contributed by atoms with Crippen molar-refractivity contribution in [2.45, 2.75) is 17.9 Å². The second-order valence-electron chi connectivity index (χ2n) is 6.46. The zero-order chi connectivity index (χ0) is 23.1. The summed E-state index contributed by atoms with van der Waals surface area (Å²) in [6.45, 7) is -3.15. The van der Waals surface area contributed by atoms with Crippen LogP contribution in [0.15, 0.2) is 47.4 Å². The van der Waals surface area contributed by atoms with Crippen molar-refractivity contribution < 1.29 is 45.7 Å². The third kappa shape index (κ3) is 6.30. The maximum atomic E-state index is 12.5. The summed E-state index contributed by atoms with van der Waals surface area (Å²) < 4.78 is 69.5. The van der Waals surface area contributed by atoms with Crippen LogP contribution in [0.3, 0.4) is 0 Å². The van der Waals surface area contributed by atoms with Gasteiger partial charge in [-0.1, -0.05) is 12.1 Å². The summed E-state index contributed by atoms with van der Waals surface area (Å²) in [6, 6.07) is 9.63. The summed E-state index contributed by atoms with van der Waals surface area (Å²) in [6.07, 6.45) is -0.491. The van der Waals surface area contributed by atoms with Gasteiger partial charge in [-0.05, 0) is 24.3 Å². The number of benzene rings is 2. The molecule has 1 aliphatic heterocycles. The fourth-order valence-electron chi connectivity index (χ4n) is 2.73. The quantitative estimate of drug-likeness (QED) is 0.554. The van der Waals surface area contributed by atoms with Crippen LogP contribution in [0, 0.1) is 0 Å². The van der Waals surface area contributed by atoms with E-state index in [-0.39, 0.29) is 16.3 Å².